The van der Waals surface area contributed by atoms with Crippen molar-refractivity contribution in [2.45, 2.75) is 59.2 Å². The molecule has 1 amide bonds. The number of carbonyl (C=O) groups is 1. The van der Waals surface area contributed by atoms with Crippen molar-refractivity contribution in [3.05, 3.63) is 35.9 Å². The van der Waals surface area contributed by atoms with Crippen LogP contribution in [-0.4, -0.2) is 74.9 Å². The molecule has 4 heterocycles. The number of rotatable bonds is 4. The summed E-state index contributed by atoms with van der Waals surface area (Å²) in [6, 6.07) is 3.88. The van der Waals surface area contributed by atoms with Crippen molar-refractivity contribution in [3.8, 4) is 5.82 Å². The average Bonchev–Trinajstić information content (AvgIpc) is 3.17. The maximum atomic E-state index is 12.7. The molecular formula is C25H34ClN7O2. The summed E-state index contributed by atoms with van der Waals surface area (Å²) in [5, 5.41) is 1.56. The molecule has 188 valence electrons. The SMILES string of the molecule is CC(C)N(C)c1cn(-c2cc(Cl)ccn2)c2ncnc(N3CCN(C(=O)OC(C)(C)C)C[C@@H]3C)c12. The van der Waals surface area contributed by atoms with Gasteiger partial charge < -0.3 is 19.4 Å². The fourth-order valence-electron chi connectivity index (χ4n) is 4.25. The lowest BCUT2D eigenvalue weighted by atomic mass is 10.1. The first-order chi connectivity index (χ1) is 16.5. The molecule has 3 aromatic heterocycles. The number of anilines is 2. The molecule has 3 aromatic rings. The molecule has 35 heavy (non-hydrogen) atoms. The minimum atomic E-state index is -0.524. The van der Waals surface area contributed by atoms with Gasteiger partial charge in [-0.15, -0.1) is 0 Å². The number of pyridine rings is 1. The van der Waals surface area contributed by atoms with Crippen LogP contribution >= 0.6 is 11.6 Å². The van der Waals surface area contributed by atoms with Crippen molar-refractivity contribution in [3.63, 3.8) is 0 Å². The van der Waals surface area contributed by atoms with Crippen LogP contribution in [0.2, 0.25) is 5.02 Å². The Hall–Kier alpha value is -3.07. The van der Waals surface area contributed by atoms with E-state index in [1.807, 2.05) is 37.6 Å². The summed E-state index contributed by atoms with van der Waals surface area (Å²) in [6.45, 7) is 13.8. The maximum absolute atomic E-state index is 12.7. The smallest absolute Gasteiger partial charge is 0.410 e. The second-order valence-electron chi connectivity index (χ2n) is 10.3. The molecule has 0 unspecified atom stereocenters. The molecule has 0 N–H and O–H groups in total. The van der Waals surface area contributed by atoms with E-state index in [2.05, 4.69) is 47.6 Å². The van der Waals surface area contributed by atoms with Crippen LogP contribution in [0.5, 0.6) is 0 Å². The number of ether oxygens (including phenoxy) is 1. The summed E-state index contributed by atoms with van der Waals surface area (Å²) in [5.41, 5.74) is 1.24. The van der Waals surface area contributed by atoms with Gasteiger partial charge in [-0.1, -0.05) is 11.6 Å². The van der Waals surface area contributed by atoms with Crippen LogP contribution in [0.1, 0.15) is 41.5 Å². The number of piperazine rings is 1. The largest absolute Gasteiger partial charge is 0.444 e. The van der Waals surface area contributed by atoms with Gasteiger partial charge in [0.15, 0.2) is 5.65 Å². The van der Waals surface area contributed by atoms with E-state index in [9.17, 15) is 4.79 Å². The van der Waals surface area contributed by atoms with Crippen LogP contribution in [-0.2, 0) is 4.74 Å². The number of amides is 1. The van der Waals surface area contributed by atoms with Crippen molar-refractivity contribution < 1.29 is 9.53 Å². The van der Waals surface area contributed by atoms with Crippen LogP contribution in [0.4, 0.5) is 16.3 Å². The normalized spacial score (nSPS) is 16.8. The molecule has 0 spiro atoms. The molecule has 0 radical (unpaired) electrons. The van der Waals surface area contributed by atoms with Crippen molar-refractivity contribution in [1.82, 2.24) is 24.4 Å². The third-order valence-corrected chi connectivity index (χ3v) is 6.44. The van der Waals surface area contributed by atoms with Crippen molar-refractivity contribution in [2.75, 3.05) is 36.5 Å². The highest BCUT2D eigenvalue weighted by Crippen LogP contribution is 2.37. The molecule has 0 aromatic carbocycles. The first-order valence-electron chi connectivity index (χ1n) is 11.9. The van der Waals surface area contributed by atoms with E-state index in [4.69, 9.17) is 21.3 Å². The number of hydrogen-bond acceptors (Lipinski definition) is 7. The lowest BCUT2D eigenvalue weighted by Gasteiger charge is -2.41. The Morgan fingerprint density at radius 1 is 1.23 bits per heavy atom. The van der Waals surface area contributed by atoms with E-state index < -0.39 is 5.60 Å². The molecular weight excluding hydrogens is 466 g/mol. The Balaban J connectivity index is 1.75. The summed E-state index contributed by atoms with van der Waals surface area (Å²) in [5.74, 6) is 1.54. The Morgan fingerprint density at radius 2 is 1.97 bits per heavy atom. The van der Waals surface area contributed by atoms with Crippen LogP contribution in [0.15, 0.2) is 30.9 Å². The number of halogens is 1. The second-order valence-corrected chi connectivity index (χ2v) is 10.7. The molecule has 1 saturated heterocycles. The highest BCUT2D eigenvalue weighted by atomic mass is 35.5. The monoisotopic (exact) mass is 499 g/mol. The topological polar surface area (TPSA) is 79.6 Å². The van der Waals surface area contributed by atoms with Gasteiger partial charge in [0.25, 0.3) is 0 Å². The predicted octanol–water partition coefficient (Wildman–Crippen LogP) is 4.76. The highest BCUT2D eigenvalue weighted by Gasteiger charge is 2.32. The van der Waals surface area contributed by atoms with Gasteiger partial charge in [-0.3, -0.25) is 4.57 Å². The first-order valence-corrected chi connectivity index (χ1v) is 12.3. The molecule has 0 saturated carbocycles. The average molecular weight is 500 g/mol. The maximum Gasteiger partial charge on any atom is 0.410 e. The zero-order valence-electron chi connectivity index (χ0n) is 21.5. The minimum Gasteiger partial charge on any atom is -0.444 e. The van der Waals surface area contributed by atoms with Gasteiger partial charge in [0, 0.05) is 62.2 Å². The van der Waals surface area contributed by atoms with Crippen LogP contribution in [0.3, 0.4) is 0 Å². The molecule has 1 aliphatic rings. The van der Waals surface area contributed by atoms with Crippen molar-refractivity contribution >= 4 is 40.2 Å². The third kappa shape index (κ3) is 5.15. The number of aromatic nitrogens is 4. The second kappa shape index (κ2) is 9.53. The molecule has 1 fully saturated rings. The lowest BCUT2D eigenvalue weighted by Crippen LogP contribution is -2.54. The van der Waals surface area contributed by atoms with Gasteiger partial charge in [-0.2, -0.15) is 0 Å². The Bertz CT molecular complexity index is 1220. The van der Waals surface area contributed by atoms with Crippen molar-refractivity contribution in [1.29, 1.82) is 0 Å². The first kappa shape index (κ1) is 25.0. The fourth-order valence-corrected chi connectivity index (χ4v) is 4.41. The van der Waals surface area contributed by atoms with E-state index in [-0.39, 0.29) is 18.2 Å². The summed E-state index contributed by atoms with van der Waals surface area (Å²) in [4.78, 5) is 32.8. The van der Waals surface area contributed by atoms with Gasteiger partial charge in [0.2, 0.25) is 0 Å². The summed E-state index contributed by atoms with van der Waals surface area (Å²) in [6.07, 6.45) is 5.04. The van der Waals surface area contributed by atoms with Gasteiger partial charge in [0.05, 0.1) is 11.1 Å². The molecule has 0 bridgehead atoms. The van der Waals surface area contributed by atoms with Gasteiger partial charge in [0.1, 0.15) is 23.6 Å². The van der Waals surface area contributed by atoms with Gasteiger partial charge in [-0.25, -0.2) is 19.7 Å². The van der Waals surface area contributed by atoms with E-state index >= 15 is 0 Å². The predicted molar refractivity (Wildman–Crippen MR) is 140 cm³/mol. The van der Waals surface area contributed by atoms with Gasteiger partial charge >= 0.3 is 6.09 Å². The zero-order valence-corrected chi connectivity index (χ0v) is 22.2. The van der Waals surface area contributed by atoms with E-state index in [1.54, 1.807) is 23.5 Å². The summed E-state index contributed by atoms with van der Waals surface area (Å²) < 4.78 is 7.55. The zero-order chi connectivity index (χ0) is 25.5. The standard InChI is InChI=1S/C25H34ClN7O2/c1-16(2)30(7)19-14-33(20-12-18(26)8-9-27-20)23-21(19)22(28-15-29-23)32-11-10-31(13-17(32)3)24(34)35-25(4,5)6/h8-9,12,14-17H,10-11,13H2,1-7H3/t17-/m0/s1. The number of carbonyl (C=O) groups excluding carboxylic acids is 1. The molecule has 1 aliphatic heterocycles. The number of nitrogens with zero attached hydrogens (tertiary/aromatic N) is 7. The third-order valence-electron chi connectivity index (χ3n) is 6.20. The van der Waals surface area contributed by atoms with E-state index in [0.29, 0.717) is 30.5 Å². The van der Waals surface area contributed by atoms with E-state index in [0.717, 1.165) is 22.5 Å². The number of hydrogen-bond donors (Lipinski definition) is 0. The Kier molecular flexibility index (Phi) is 6.81. The number of fused-ring (bicyclic) bond motifs is 1. The fraction of sp³-hybridized carbons (Fsp3) is 0.520. The minimum absolute atomic E-state index is 0.0409. The molecule has 9 nitrogen and oxygen atoms in total. The molecule has 10 heteroatoms. The molecule has 0 aliphatic carbocycles. The van der Waals surface area contributed by atoms with Crippen molar-refractivity contribution in [2.24, 2.45) is 0 Å². The molecule has 4 rings (SSSR count). The Labute approximate surface area is 211 Å². The van der Waals surface area contributed by atoms with E-state index in [1.165, 1.54) is 0 Å². The Morgan fingerprint density at radius 3 is 2.60 bits per heavy atom. The van der Waals surface area contributed by atoms with Crippen LogP contribution < -0.4 is 9.80 Å². The summed E-state index contributed by atoms with van der Waals surface area (Å²) in [7, 11) is 2.07. The van der Waals surface area contributed by atoms with Crippen LogP contribution in [0, 0.1) is 0 Å². The van der Waals surface area contributed by atoms with Crippen LogP contribution in [0.25, 0.3) is 16.9 Å². The summed E-state index contributed by atoms with van der Waals surface area (Å²) >= 11 is 6.27. The molecule has 1 atom stereocenters. The van der Waals surface area contributed by atoms with Gasteiger partial charge in [-0.05, 0) is 47.6 Å². The lowest BCUT2D eigenvalue weighted by molar-refractivity contribution is 0.0218. The highest BCUT2D eigenvalue weighted by molar-refractivity contribution is 6.30. The quantitative estimate of drug-likeness (QED) is 0.512.